The molecule has 0 aromatic heterocycles. The topological polar surface area (TPSA) is 112 Å². The van der Waals surface area contributed by atoms with Crippen molar-refractivity contribution in [2.24, 2.45) is 0 Å². The molecule has 0 atom stereocenters. The molecule has 0 aliphatic heterocycles. The molecule has 0 unspecified atom stereocenters. The molecule has 6 nitrogen and oxygen atoms in total. The van der Waals surface area contributed by atoms with Crippen LogP contribution in [0.25, 0.3) is 0 Å². The molecule has 0 bridgehead atoms. The molecule has 0 fully saturated rings. The summed E-state index contributed by atoms with van der Waals surface area (Å²) in [5, 5.41) is 27.9. The Balaban J connectivity index is 2.65. The fraction of sp³-hybridized carbons (Fsp3) is 0.0714. The zero-order chi connectivity index (χ0) is 15.8. The van der Waals surface area contributed by atoms with E-state index in [0.717, 1.165) is 17.7 Å². The van der Waals surface area contributed by atoms with E-state index in [1.165, 1.54) is 12.1 Å². The quantitative estimate of drug-likeness (QED) is 0.747. The van der Waals surface area contributed by atoms with Crippen molar-refractivity contribution in [2.45, 2.75) is 16.7 Å². The first kappa shape index (κ1) is 14.9. The molecule has 3 N–H and O–H groups in total. The van der Waals surface area contributed by atoms with Gasteiger partial charge in [0.1, 0.15) is 5.56 Å². The zero-order valence-electron chi connectivity index (χ0n) is 10.9. The molecule has 0 radical (unpaired) electrons. The van der Waals surface area contributed by atoms with Crippen molar-refractivity contribution < 1.29 is 28.5 Å². The van der Waals surface area contributed by atoms with Gasteiger partial charge in [0, 0.05) is 6.07 Å². The van der Waals surface area contributed by atoms with Crippen molar-refractivity contribution in [1.29, 1.82) is 0 Å². The Hall–Kier alpha value is -2.54. The van der Waals surface area contributed by atoms with E-state index < -0.39 is 37.8 Å². The number of carboxylic acids is 1. The van der Waals surface area contributed by atoms with Crippen molar-refractivity contribution in [1.82, 2.24) is 0 Å². The molecule has 0 heterocycles. The van der Waals surface area contributed by atoms with E-state index in [1.54, 1.807) is 19.1 Å². The van der Waals surface area contributed by atoms with E-state index in [9.17, 15) is 23.4 Å². The Morgan fingerprint density at radius 1 is 1.00 bits per heavy atom. The summed E-state index contributed by atoms with van der Waals surface area (Å²) in [6.45, 7) is 1.80. The largest absolute Gasteiger partial charge is 0.504 e. The average Bonchev–Trinajstić information content (AvgIpc) is 2.41. The van der Waals surface area contributed by atoms with Crippen LogP contribution < -0.4 is 0 Å². The maximum atomic E-state index is 12.4. The first-order chi connectivity index (χ1) is 9.73. The molecule has 7 heteroatoms. The molecular formula is C14H12O6S. The minimum absolute atomic E-state index is 0.0328. The summed E-state index contributed by atoms with van der Waals surface area (Å²) in [7, 11) is -3.99. The van der Waals surface area contributed by atoms with Gasteiger partial charge in [0.15, 0.2) is 11.5 Å². The van der Waals surface area contributed by atoms with Crippen LogP contribution in [0.5, 0.6) is 11.5 Å². The predicted molar refractivity (Wildman–Crippen MR) is 73.4 cm³/mol. The average molecular weight is 308 g/mol. The molecule has 0 saturated carbocycles. The Bertz CT molecular complexity index is 806. The van der Waals surface area contributed by atoms with Gasteiger partial charge in [-0.25, -0.2) is 13.2 Å². The van der Waals surface area contributed by atoms with Crippen molar-refractivity contribution in [3.8, 4) is 11.5 Å². The fourth-order valence-corrected chi connectivity index (χ4v) is 3.07. The highest BCUT2D eigenvalue weighted by Crippen LogP contribution is 2.34. The third-order valence-corrected chi connectivity index (χ3v) is 4.68. The van der Waals surface area contributed by atoms with Crippen LogP contribution in [0.4, 0.5) is 0 Å². The van der Waals surface area contributed by atoms with Crippen LogP contribution in [0.2, 0.25) is 0 Å². The summed E-state index contributed by atoms with van der Waals surface area (Å²) < 4.78 is 24.8. The van der Waals surface area contributed by atoms with Gasteiger partial charge < -0.3 is 15.3 Å². The number of hydrogen-bond acceptors (Lipinski definition) is 5. The zero-order valence-corrected chi connectivity index (χ0v) is 11.8. The third kappa shape index (κ3) is 2.68. The summed E-state index contributed by atoms with van der Waals surface area (Å²) in [6.07, 6.45) is 0. The van der Waals surface area contributed by atoms with Gasteiger partial charge in [-0.2, -0.15) is 0 Å². The van der Waals surface area contributed by atoms with Gasteiger partial charge >= 0.3 is 5.97 Å². The molecule has 0 amide bonds. The first-order valence-corrected chi connectivity index (χ1v) is 7.33. The monoisotopic (exact) mass is 308 g/mol. The van der Waals surface area contributed by atoms with Gasteiger partial charge in [-0.15, -0.1) is 0 Å². The number of aryl methyl sites for hydroxylation is 1. The molecular weight excluding hydrogens is 296 g/mol. The molecule has 2 aromatic rings. The number of aromatic carboxylic acids is 1. The summed E-state index contributed by atoms with van der Waals surface area (Å²) in [4.78, 5) is 10.5. The number of sulfone groups is 1. The smallest absolute Gasteiger partial charge is 0.339 e. The van der Waals surface area contributed by atoms with Gasteiger partial charge in [0.05, 0.1) is 9.79 Å². The van der Waals surface area contributed by atoms with Crippen LogP contribution in [-0.2, 0) is 9.84 Å². The number of aromatic hydroxyl groups is 2. The van der Waals surface area contributed by atoms with Crippen LogP contribution in [0.3, 0.4) is 0 Å². The van der Waals surface area contributed by atoms with Gasteiger partial charge in [-0.05, 0) is 25.1 Å². The maximum absolute atomic E-state index is 12.4. The first-order valence-electron chi connectivity index (χ1n) is 5.84. The highest BCUT2D eigenvalue weighted by Gasteiger charge is 2.23. The van der Waals surface area contributed by atoms with Crippen molar-refractivity contribution in [2.75, 3.05) is 0 Å². The lowest BCUT2D eigenvalue weighted by atomic mass is 10.2. The Morgan fingerprint density at radius 3 is 2.10 bits per heavy atom. The van der Waals surface area contributed by atoms with Crippen molar-refractivity contribution >= 4 is 15.8 Å². The molecule has 0 spiro atoms. The van der Waals surface area contributed by atoms with Gasteiger partial charge in [-0.3, -0.25) is 0 Å². The van der Waals surface area contributed by atoms with Crippen LogP contribution in [0.1, 0.15) is 15.9 Å². The fourth-order valence-electron chi connectivity index (χ4n) is 1.77. The molecule has 2 rings (SSSR count). The Kier molecular flexibility index (Phi) is 3.61. The highest BCUT2D eigenvalue weighted by molar-refractivity contribution is 7.91. The standard InChI is InChI=1S/C14H12O6S/c1-8-2-4-9(5-3-8)21(19,20)10-6-11(14(17)18)13(16)12(15)7-10/h2-7,15-16H,1H3,(H,17,18). The third-order valence-electron chi connectivity index (χ3n) is 2.94. The highest BCUT2D eigenvalue weighted by atomic mass is 32.2. The maximum Gasteiger partial charge on any atom is 0.339 e. The van der Waals surface area contributed by atoms with Crippen LogP contribution in [-0.4, -0.2) is 29.7 Å². The molecule has 0 aliphatic carbocycles. The molecule has 0 saturated heterocycles. The second kappa shape index (κ2) is 5.10. The Morgan fingerprint density at radius 2 is 1.57 bits per heavy atom. The Labute approximate surface area is 120 Å². The van der Waals surface area contributed by atoms with Crippen molar-refractivity contribution in [3.63, 3.8) is 0 Å². The summed E-state index contributed by atoms with van der Waals surface area (Å²) >= 11 is 0. The van der Waals surface area contributed by atoms with E-state index >= 15 is 0 Å². The number of carbonyl (C=O) groups is 1. The van der Waals surface area contributed by atoms with Crippen molar-refractivity contribution in [3.05, 3.63) is 47.5 Å². The second-order valence-electron chi connectivity index (χ2n) is 4.46. The number of hydrogen-bond donors (Lipinski definition) is 3. The summed E-state index contributed by atoms with van der Waals surface area (Å²) in [5.74, 6) is -3.21. The minimum Gasteiger partial charge on any atom is -0.504 e. The lowest BCUT2D eigenvalue weighted by Crippen LogP contribution is -2.05. The number of carboxylic acid groups (broad SMARTS) is 1. The number of phenols is 2. The summed E-state index contributed by atoms with van der Waals surface area (Å²) in [5.41, 5.74) is 0.189. The molecule has 21 heavy (non-hydrogen) atoms. The predicted octanol–water partition coefficient (Wildman–Crippen LogP) is 1.94. The SMILES string of the molecule is Cc1ccc(S(=O)(=O)c2cc(O)c(O)c(C(=O)O)c2)cc1. The van der Waals surface area contributed by atoms with E-state index in [4.69, 9.17) is 5.11 Å². The lowest BCUT2D eigenvalue weighted by Gasteiger charge is -2.08. The molecule has 2 aromatic carbocycles. The van der Waals surface area contributed by atoms with Crippen LogP contribution in [0, 0.1) is 6.92 Å². The summed E-state index contributed by atoms with van der Waals surface area (Å²) in [6, 6.07) is 7.60. The normalized spacial score (nSPS) is 11.3. The van der Waals surface area contributed by atoms with Crippen LogP contribution in [0.15, 0.2) is 46.2 Å². The van der Waals surface area contributed by atoms with E-state index in [1.807, 2.05) is 0 Å². The second-order valence-corrected chi connectivity index (χ2v) is 6.41. The number of rotatable bonds is 3. The van der Waals surface area contributed by atoms with E-state index in [2.05, 4.69) is 0 Å². The number of phenolic OH excluding ortho intramolecular Hbond substituents is 1. The van der Waals surface area contributed by atoms with Gasteiger partial charge in [-0.1, -0.05) is 17.7 Å². The van der Waals surface area contributed by atoms with E-state index in [-0.39, 0.29) is 4.90 Å². The van der Waals surface area contributed by atoms with Gasteiger partial charge in [0.2, 0.25) is 9.84 Å². The molecule has 110 valence electrons. The van der Waals surface area contributed by atoms with Gasteiger partial charge in [0.25, 0.3) is 0 Å². The molecule has 0 aliphatic rings. The van der Waals surface area contributed by atoms with Crippen LogP contribution >= 0.6 is 0 Å². The number of benzene rings is 2. The lowest BCUT2D eigenvalue weighted by molar-refractivity contribution is 0.0692. The van der Waals surface area contributed by atoms with E-state index in [0.29, 0.717) is 0 Å². The minimum atomic E-state index is -3.99.